The van der Waals surface area contributed by atoms with Gasteiger partial charge in [0, 0.05) is 30.3 Å². The number of nitro groups is 1. The fourth-order valence-electron chi connectivity index (χ4n) is 3.15. The first kappa shape index (κ1) is 20.0. The molecule has 1 saturated heterocycles. The molecule has 1 heterocycles. The van der Waals surface area contributed by atoms with Gasteiger partial charge >= 0.3 is 0 Å². The lowest BCUT2D eigenvalue weighted by atomic mass is 10.1. The van der Waals surface area contributed by atoms with Crippen LogP contribution < -0.4 is 15.0 Å². The molecule has 0 saturated carbocycles. The topological polar surface area (TPSA) is 119 Å². The van der Waals surface area contributed by atoms with Gasteiger partial charge in [-0.05, 0) is 37.3 Å². The minimum Gasteiger partial charge on any atom is -0.494 e. The number of ether oxygens (including phenoxy) is 1. The number of carbonyl (C=O) groups is 3. The minimum atomic E-state index is -0.588. The zero-order valence-corrected chi connectivity index (χ0v) is 15.9. The third kappa shape index (κ3) is 4.23. The first-order valence-corrected chi connectivity index (χ1v) is 8.85. The smallest absolute Gasteiger partial charge is 0.273 e. The number of ketones is 1. The van der Waals surface area contributed by atoms with Crippen molar-refractivity contribution in [2.24, 2.45) is 5.92 Å². The van der Waals surface area contributed by atoms with E-state index < -0.39 is 10.8 Å². The number of rotatable bonds is 6. The van der Waals surface area contributed by atoms with E-state index in [0.29, 0.717) is 16.9 Å². The van der Waals surface area contributed by atoms with Gasteiger partial charge in [-0.1, -0.05) is 0 Å². The number of hydrogen-bond acceptors (Lipinski definition) is 6. The zero-order valence-electron chi connectivity index (χ0n) is 15.9. The molecule has 0 spiro atoms. The van der Waals surface area contributed by atoms with Crippen LogP contribution >= 0.6 is 0 Å². The highest BCUT2D eigenvalue weighted by atomic mass is 16.6. The summed E-state index contributed by atoms with van der Waals surface area (Å²) in [4.78, 5) is 48.2. The molecule has 2 aromatic rings. The van der Waals surface area contributed by atoms with E-state index in [1.807, 2.05) is 0 Å². The average Bonchev–Trinajstić information content (AvgIpc) is 3.09. The lowest BCUT2D eigenvalue weighted by Crippen LogP contribution is -2.28. The molecule has 150 valence electrons. The minimum absolute atomic E-state index is 0.0114. The van der Waals surface area contributed by atoms with Crippen molar-refractivity contribution in [2.75, 3.05) is 23.9 Å². The van der Waals surface area contributed by atoms with Crippen molar-refractivity contribution >= 4 is 34.7 Å². The molecule has 9 nitrogen and oxygen atoms in total. The summed E-state index contributed by atoms with van der Waals surface area (Å²) in [5, 5.41) is 13.7. The van der Waals surface area contributed by atoms with Gasteiger partial charge in [0.2, 0.25) is 11.8 Å². The first-order chi connectivity index (χ1) is 13.8. The summed E-state index contributed by atoms with van der Waals surface area (Å²) in [7, 11) is 1.36. The summed E-state index contributed by atoms with van der Waals surface area (Å²) in [6, 6.07) is 10.5. The van der Waals surface area contributed by atoms with Crippen LogP contribution in [0.3, 0.4) is 0 Å². The summed E-state index contributed by atoms with van der Waals surface area (Å²) < 4.78 is 5.19. The van der Waals surface area contributed by atoms with E-state index in [-0.39, 0.29) is 42.0 Å². The van der Waals surface area contributed by atoms with E-state index >= 15 is 0 Å². The number of nitro benzene ring substituents is 1. The fourth-order valence-corrected chi connectivity index (χ4v) is 3.15. The van der Waals surface area contributed by atoms with Gasteiger partial charge in [0.15, 0.2) is 5.78 Å². The Labute approximate surface area is 166 Å². The van der Waals surface area contributed by atoms with Gasteiger partial charge in [0.05, 0.1) is 29.7 Å². The van der Waals surface area contributed by atoms with Crippen LogP contribution in [0.4, 0.5) is 17.1 Å². The number of carbonyl (C=O) groups excluding carboxylic acids is 3. The van der Waals surface area contributed by atoms with Gasteiger partial charge in [-0.25, -0.2) is 0 Å². The van der Waals surface area contributed by atoms with E-state index in [2.05, 4.69) is 5.32 Å². The Kier molecular flexibility index (Phi) is 5.58. The lowest BCUT2D eigenvalue weighted by molar-refractivity contribution is -0.384. The monoisotopic (exact) mass is 397 g/mol. The molecule has 9 heteroatoms. The predicted molar refractivity (Wildman–Crippen MR) is 105 cm³/mol. The normalized spacial score (nSPS) is 15.9. The largest absolute Gasteiger partial charge is 0.494 e. The number of hydrogen-bond donors (Lipinski definition) is 1. The molecule has 2 amide bonds. The summed E-state index contributed by atoms with van der Waals surface area (Å²) in [6.07, 6.45) is 0.0114. The van der Waals surface area contributed by atoms with Crippen LogP contribution in [0.2, 0.25) is 0 Å². The van der Waals surface area contributed by atoms with Gasteiger partial charge < -0.3 is 15.0 Å². The van der Waals surface area contributed by atoms with Crippen LogP contribution in [0.1, 0.15) is 23.7 Å². The Balaban J connectivity index is 1.73. The number of benzene rings is 2. The maximum Gasteiger partial charge on any atom is 0.273 e. The number of amides is 2. The molecule has 0 bridgehead atoms. The zero-order chi connectivity index (χ0) is 21.1. The molecule has 0 radical (unpaired) electrons. The number of methoxy groups -OCH3 is 1. The van der Waals surface area contributed by atoms with Crippen LogP contribution in [0.15, 0.2) is 42.5 Å². The van der Waals surface area contributed by atoms with E-state index in [9.17, 15) is 24.5 Å². The van der Waals surface area contributed by atoms with Crippen LogP contribution in [0.5, 0.6) is 5.75 Å². The van der Waals surface area contributed by atoms with E-state index in [1.165, 1.54) is 37.1 Å². The Hall–Kier alpha value is -3.75. The lowest BCUT2D eigenvalue weighted by Gasteiger charge is -2.19. The van der Waals surface area contributed by atoms with Gasteiger partial charge in [0.25, 0.3) is 5.69 Å². The molecular formula is C20H19N3O6. The maximum absolute atomic E-state index is 12.6. The highest BCUT2D eigenvalue weighted by molar-refractivity contribution is 6.04. The number of anilines is 2. The Morgan fingerprint density at radius 2 is 1.90 bits per heavy atom. The maximum atomic E-state index is 12.6. The standard InChI is InChI=1S/C20H19N3O6/c1-12(24)13-3-5-15(6-4-13)21-20(26)14-9-19(25)22(11-14)17-8-7-16(23(27)28)10-18(17)29-2/h3-8,10,14H,9,11H2,1-2H3,(H,21,26)/t14-/m0/s1. The van der Waals surface area contributed by atoms with Gasteiger partial charge in [-0.15, -0.1) is 0 Å². The molecular weight excluding hydrogens is 378 g/mol. The van der Waals surface area contributed by atoms with Crippen LogP contribution in [-0.4, -0.2) is 36.2 Å². The molecule has 0 unspecified atom stereocenters. The SMILES string of the molecule is COc1cc([N+](=O)[O-])ccc1N1C[C@@H](C(=O)Nc2ccc(C(C)=O)cc2)CC1=O. The van der Waals surface area contributed by atoms with Crippen LogP contribution in [0.25, 0.3) is 0 Å². The highest BCUT2D eigenvalue weighted by Gasteiger charge is 2.36. The van der Waals surface area contributed by atoms with Crippen molar-refractivity contribution < 1.29 is 24.0 Å². The van der Waals surface area contributed by atoms with Crippen molar-refractivity contribution in [1.82, 2.24) is 0 Å². The summed E-state index contributed by atoms with van der Waals surface area (Å²) in [5.74, 6) is -1.07. The average molecular weight is 397 g/mol. The number of nitrogens with zero attached hydrogens (tertiary/aromatic N) is 2. The third-order valence-corrected chi connectivity index (χ3v) is 4.72. The number of Topliss-reactive ketones (excluding diaryl/α,β-unsaturated/α-hetero) is 1. The molecule has 1 fully saturated rings. The quantitative estimate of drug-likeness (QED) is 0.455. The molecule has 0 aromatic heterocycles. The number of non-ortho nitro benzene ring substituents is 1. The van der Waals surface area contributed by atoms with Crippen molar-refractivity contribution in [3.8, 4) is 5.75 Å². The second-order valence-corrected chi connectivity index (χ2v) is 6.64. The number of nitrogens with one attached hydrogen (secondary N) is 1. The molecule has 1 atom stereocenters. The fraction of sp³-hybridized carbons (Fsp3) is 0.250. The third-order valence-electron chi connectivity index (χ3n) is 4.72. The highest BCUT2D eigenvalue weighted by Crippen LogP contribution is 2.36. The van der Waals surface area contributed by atoms with E-state index in [0.717, 1.165) is 0 Å². The molecule has 29 heavy (non-hydrogen) atoms. The van der Waals surface area contributed by atoms with Crippen LogP contribution in [0, 0.1) is 16.0 Å². The Bertz CT molecular complexity index is 986. The summed E-state index contributed by atoms with van der Waals surface area (Å²) in [5.41, 5.74) is 1.29. The molecule has 1 aliphatic heterocycles. The molecule has 2 aromatic carbocycles. The Morgan fingerprint density at radius 3 is 2.48 bits per heavy atom. The van der Waals surface area contributed by atoms with Crippen molar-refractivity contribution in [2.45, 2.75) is 13.3 Å². The molecule has 1 aliphatic rings. The molecule has 3 rings (SSSR count). The van der Waals surface area contributed by atoms with Crippen molar-refractivity contribution in [3.05, 3.63) is 58.1 Å². The van der Waals surface area contributed by atoms with Crippen molar-refractivity contribution in [1.29, 1.82) is 0 Å². The van der Waals surface area contributed by atoms with Crippen molar-refractivity contribution in [3.63, 3.8) is 0 Å². The molecule has 0 aliphatic carbocycles. The predicted octanol–water partition coefficient (Wildman–Crippen LogP) is 2.80. The first-order valence-electron chi connectivity index (χ1n) is 8.85. The van der Waals surface area contributed by atoms with E-state index in [4.69, 9.17) is 4.74 Å². The van der Waals surface area contributed by atoms with Gasteiger partial charge in [-0.2, -0.15) is 0 Å². The van der Waals surface area contributed by atoms with Gasteiger partial charge in [0.1, 0.15) is 5.75 Å². The Morgan fingerprint density at radius 1 is 1.21 bits per heavy atom. The second-order valence-electron chi connectivity index (χ2n) is 6.64. The van der Waals surface area contributed by atoms with Gasteiger partial charge in [-0.3, -0.25) is 24.5 Å². The summed E-state index contributed by atoms with van der Waals surface area (Å²) >= 11 is 0. The second kappa shape index (κ2) is 8.09. The van der Waals surface area contributed by atoms with Crippen LogP contribution in [-0.2, 0) is 9.59 Å². The molecule has 1 N–H and O–H groups in total. The van der Waals surface area contributed by atoms with E-state index in [1.54, 1.807) is 24.3 Å². The summed E-state index contributed by atoms with van der Waals surface area (Å²) in [6.45, 7) is 1.59.